The molecule has 1 saturated heterocycles. The predicted molar refractivity (Wildman–Crippen MR) is 115 cm³/mol. The Morgan fingerprint density at radius 1 is 1.29 bits per heavy atom. The summed E-state index contributed by atoms with van der Waals surface area (Å²) in [6, 6.07) is 8.37. The van der Waals surface area contributed by atoms with Gasteiger partial charge in [-0.3, -0.25) is 14.2 Å². The number of carbonyl (C=O) groups is 2. The second-order valence-corrected chi connectivity index (χ2v) is 9.20. The van der Waals surface area contributed by atoms with Crippen LogP contribution in [-0.4, -0.2) is 39.3 Å². The van der Waals surface area contributed by atoms with E-state index in [1.807, 2.05) is 0 Å². The molecule has 1 aliphatic heterocycles. The number of carbonyl (C=O) groups excluding carboxylic acids is 2. The lowest BCUT2D eigenvalue weighted by atomic mass is 9.97. The van der Waals surface area contributed by atoms with E-state index < -0.39 is 28.7 Å². The smallest absolute Gasteiger partial charge is 0.351 e. The highest BCUT2D eigenvalue weighted by Crippen LogP contribution is 2.31. The Balaban J connectivity index is 1.53. The Labute approximate surface area is 183 Å². The molecule has 10 heteroatoms. The average molecular weight is 448 g/mol. The zero-order valence-corrected chi connectivity index (χ0v) is 18.4. The molecule has 0 spiro atoms. The Hall–Kier alpha value is -2.85. The van der Waals surface area contributed by atoms with Gasteiger partial charge in [-0.15, -0.1) is 11.8 Å². The van der Waals surface area contributed by atoms with Gasteiger partial charge in [0.2, 0.25) is 0 Å². The molecule has 2 heterocycles. The quantitative estimate of drug-likeness (QED) is 0.524. The number of hydrogen-bond acceptors (Lipinski definition) is 9. The Morgan fingerprint density at radius 2 is 2.03 bits per heavy atom. The Morgan fingerprint density at radius 3 is 2.74 bits per heavy atom. The first kappa shape index (κ1) is 22.8. The van der Waals surface area contributed by atoms with Gasteiger partial charge in [0.05, 0.1) is 11.8 Å². The molecule has 1 fully saturated rings. The second-order valence-electron chi connectivity index (χ2n) is 8.00. The largest absolute Gasteiger partial charge is 0.462 e. The zero-order chi connectivity index (χ0) is 22.6. The topological polar surface area (TPSA) is 123 Å². The van der Waals surface area contributed by atoms with Gasteiger partial charge in [-0.2, -0.15) is 4.98 Å². The van der Waals surface area contributed by atoms with Crippen LogP contribution in [0.1, 0.15) is 32.6 Å². The standard InChI is InChI=1S/C21H25N3O6S/c1-21(2,3)19(26)29-14-7-5-4-6-13(14)10-17(25)28-11-18-30-16(12-31-18)24-9-8-15(22)23-20(24)27/h4-9,16,18H,10-12H2,1-3H3,(H2,22,23,27)/t16?,18-/m0/s1. The van der Waals surface area contributed by atoms with Crippen LogP contribution < -0.4 is 16.2 Å². The van der Waals surface area contributed by atoms with Crippen molar-refractivity contribution in [3.63, 3.8) is 0 Å². The lowest BCUT2D eigenvalue weighted by Gasteiger charge is -2.18. The highest BCUT2D eigenvalue weighted by Gasteiger charge is 2.29. The van der Waals surface area contributed by atoms with Crippen LogP contribution in [0.25, 0.3) is 0 Å². The summed E-state index contributed by atoms with van der Waals surface area (Å²) >= 11 is 1.43. The summed E-state index contributed by atoms with van der Waals surface area (Å²) in [7, 11) is 0. The van der Waals surface area contributed by atoms with E-state index in [0.717, 1.165) is 0 Å². The third-order valence-electron chi connectivity index (χ3n) is 4.40. The fourth-order valence-corrected chi connectivity index (χ4v) is 3.68. The number of thioether (sulfide) groups is 1. The van der Waals surface area contributed by atoms with E-state index in [1.165, 1.54) is 28.6 Å². The molecular formula is C21H25N3O6S. The molecule has 0 amide bonds. The minimum absolute atomic E-state index is 0.0289. The van der Waals surface area contributed by atoms with E-state index in [-0.39, 0.29) is 24.8 Å². The number of nitrogens with two attached hydrogens (primary N) is 1. The number of aromatic nitrogens is 2. The molecule has 31 heavy (non-hydrogen) atoms. The molecule has 0 radical (unpaired) electrons. The number of rotatable bonds is 6. The lowest BCUT2D eigenvalue weighted by molar-refractivity contribution is -0.146. The molecule has 1 aromatic carbocycles. The summed E-state index contributed by atoms with van der Waals surface area (Å²) in [5.74, 6) is 0.131. The maximum Gasteiger partial charge on any atom is 0.351 e. The van der Waals surface area contributed by atoms with Gasteiger partial charge in [0, 0.05) is 17.5 Å². The van der Waals surface area contributed by atoms with Crippen molar-refractivity contribution in [2.75, 3.05) is 18.1 Å². The minimum atomic E-state index is -0.664. The van der Waals surface area contributed by atoms with Crippen molar-refractivity contribution in [2.45, 2.75) is 38.9 Å². The maximum absolute atomic E-state index is 12.3. The number of anilines is 1. The third-order valence-corrected chi connectivity index (χ3v) is 5.49. The van der Waals surface area contributed by atoms with Crippen molar-refractivity contribution >= 4 is 29.5 Å². The van der Waals surface area contributed by atoms with E-state index in [0.29, 0.717) is 17.1 Å². The van der Waals surface area contributed by atoms with Crippen LogP contribution in [0.4, 0.5) is 5.82 Å². The van der Waals surface area contributed by atoms with Crippen LogP contribution in [0.2, 0.25) is 0 Å². The monoisotopic (exact) mass is 447 g/mol. The average Bonchev–Trinajstić information content (AvgIpc) is 3.16. The molecule has 0 aliphatic carbocycles. The molecule has 9 nitrogen and oxygen atoms in total. The molecule has 2 N–H and O–H groups in total. The van der Waals surface area contributed by atoms with Crippen LogP contribution in [0.5, 0.6) is 5.75 Å². The molecule has 166 valence electrons. The van der Waals surface area contributed by atoms with Gasteiger partial charge in [-0.25, -0.2) is 4.79 Å². The van der Waals surface area contributed by atoms with Gasteiger partial charge < -0.3 is 19.9 Å². The molecule has 1 unspecified atom stereocenters. The molecule has 1 aliphatic rings. The summed E-state index contributed by atoms with van der Waals surface area (Å²) < 4.78 is 17.9. The van der Waals surface area contributed by atoms with E-state index in [1.54, 1.807) is 45.0 Å². The van der Waals surface area contributed by atoms with Crippen molar-refractivity contribution in [3.8, 4) is 5.75 Å². The van der Waals surface area contributed by atoms with Crippen LogP contribution in [0, 0.1) is 5.41 Å². The van der Waals surface area contributed by atoms with Crippen molar-refractivity contribution < 1.29 is 23.8 Å². The van der Waals surface area contributed by atoms with Crippen molar-refractivity contribution in [2.24, 2.45) is 5.41 Å². The zero-order valence-electron chi connectivity index (χ0n) is 17.6. The van der Waals surface area contributed by atoms with E-state index >= 15 is 0 Å². The number of hydrogen-bond donors (Lipinski definition) is 1. The highest BCUT2D eigenvalue weighted by atomic mass is 32.2. The SMILES string of the molecule is CC(C)(C)C(=O)Oc1ccccc1CC(=O)OC[C@H]1OC(n2ccc(N)nc2=O)CS1. The van der Waals surface area contributed by atoms with Crippen LogP contribution in [0.15, 0.2) is 41.3 Å². The molecule has 2 aromatic rings. The Bertz CT molecular complexity index is 1020. The van der Waals surface area contributed by atoms with Gasteiger partial charge in [0.15, 0.2) is 0 Å². The van der Waals surface area contributed by atoms with Crippen LogP contribution >= 0.6 is 11.8 Å². The van der Waals surface area contributed by atoms with E-state index in [4.69, 9.17) is 19.9 Å². The number of ether oxygens (including phenoxy) is 3. The first-order valence-corrected chi connectivity index (χ1v) is 10.8. The van der Waals surface area contributed by atoms with Gasteiger partial charge in [-0.1, -0.05) is 18.2 Å². The number of para-hydroxylation sites is 1. The summed E-state index contributed by atoms with van der Waals surface area (Å²) in [4.78, 5) is 40.1. The molecule has 3 rings (SSSR count). The van der Waals surface area contributed by atoms with Crippen LogP contribution in [-0.2, 0) is 25.5 Å². The highest BCUT2D eigenvalue weighted by molar-refractivity contribution is 8.00. The molecule has 2 atom stereocenters. The van der Waals surface area contributed by atoms with Crippen LogP contribution in [0.3, 0.4) is 0 Å². The minimum Gasteiger partial charge on any atom is -0.462 e. The number of benzene rings is 1. The summed E-state index contributed by atoms with van der Waals surface area (Å²) in [6.45, 7) is 5.30. The second kappa shape index (κ2) is 9.52. The fourth-order valence-electron chi connectivity index (χ4n) is 2.69. The fraction of sp³-hybridized carbons (Fsp3) is 0.429. The predicted octanol–water partition coefficient (Wildman–Crippen LogP) is 2.15. The summed E-state index contributed by atoms with van der Waals surface area (Å²) in [5, 5.41) is 0. The van der Waals surface area contributed by atoms with E-state index in [2.05, 4.69) is 4.98 Å². The molecular weight excluding hydrogens is 422 g/mol. The summed E-state index contributed by atoms with van der Waals surface area (Å²) in [6.07, 6.45) is 0.974. The number of esters is 2. The Kier molecular flexibility index (Phi) is 7.01. The van der Waals surface area contributed by atoms with Gasteiger partial charge in [0.1, 0.15) is 29.8 Å². The van der Waals surface area contributed by atoms with Gasteiger partial charge in [0.25, 0.3) is 0 Å². The molecule has 0 bridgehead atoms. The van der Waals surface area contributed by atoms with Crippen molar-refractivity contribution in [1.29, 1.82) is 0 Å². The lowest BCUT2D eigenvalue weighted by Crippen LogP contribution is -2.29. The normalized spacial score (nSPS) is 18.5. The van der Waals surface area contributed by atoms with Crippen molar-refractivity contribution in [1.82, 2.24) is 9.55 Å². The van der Waals surface area contributed by atoms with E-state index in [9.17, 15) is 14.4 Å². The third kappa shape index (κ3) is 6.08. The molecule has 1 aromatic heterocycles. The van der Waals surface area contributed by atoms with Gasteiger partial charge in [-0.05, 0) is 32.9 Å². The van der Waals surface area contributed by atoms with Gasteiger partial charge >= 0.3 is 17.6 Å². The summed E-state index contributed by atoms with van der Waals surface area (Å²) in [5.41, 5.74) is 4.49. The first-order chi connectivity index (χ1) is 14.6. The maximum atomic E-state index is 12.3. The number of nitrogen functional groups attached to an aromatic ring is 1. The first-order valence-electron chi connectivity index (χ1n) is 9.71. The number of nitrogens with zero attached hydrogens (tertiary/aromatic N) is 2. The molecule has 0 saturated carbocycles. The van der Waals surface area contributed by atoms with Crippen molar-refractivity contribution in [3.05, 3.63) is 52.6 Å².